The van der Waals surface area contributed by atoms with E-state index in [1.807, 2.05) is 0 Å². The first-order valence-corrected chi connectivity index (χ1v) is 12.0. The predicted octanol–water partition coefficient (Wildman–Crippen LogP) is 9.05. The standard InChI is InChI=1S/C16H28O.C10H16.CH3Cl/c1-14-10-11-15(13-14)9-7-5-6-8-12-17-16(2,3)4;1-6-7(2)9(4)10(5)8(6)3;1-2/h10-11,13-14H,5-9,12H2,1-4H3;6H,1-5H3;1H3. The fourth-order valence-electron chi connectivity index (χ4n) is 3.62. The highest BCUT2D eigenvalue weighted by Crippen LogP contribution is 2.35. The zero-order valence-corrected chi connectivity index (χ0v) is 21.7. The summed E-state index contributed by atoms with van der Waals surface area (Å²) in [7, 11) is 0. The Hall–Kier alpha value is -0.790. The van der Waals surface area contributed by atoms with Crippen molar-refractivity contribution in [2.75, 3.05) is 13.0 Å². The average molecular weight is 423 g/mol. The van der Waals surface area contributed by atoms with E-state index < -0.39 is 0 Å². The molecule has 0 spiro atoms. The number of rotatable bonds is 7. The second-order valence-corrected chi connectivity index (χ2v) is 9.42. The number of alkyl halides is 1. The van der Waals surface area contributed by atoms with Crippen molar-refractivity contribution in [1.82, 2.24) is 0 Å². The van der Waals surface area contributed by atoms with Crippen LogP contribution in [0.15, 0.2) is 46.1 Å². The van der Waals surface area contributed by atoms with Gasteiger partial charge in [-0.25, -0.2) is 0 Å². The topological polar surface area (TPSA) is 9.23 Å². The van der Waals surface area contributed by atoms with Gasteiger partial charge in [-0.05, 0) is 90.7 Å². The quantitative estimate of drug-likeness (QED) is 0.293. The van der Waals surface area contributed by atoms with E-state index in [4.69, 9.17) is 4.74 Å². The molecule has 0 saturated carbocycles. The SMILES string of the molecule is CC1=C(C)C(C)C(C)=C1C.CC1C=CC(CCCCCCOC(C)(C)C)=C1.CCl. The van der Waals surface area contributed by atoms with E-state index in [1.165, 1.54) is 55.2 Å². The summed E-state index contributed by atoms with van der Waals surface area (Å²) in [5.41, 5.74) is 7.67. The lowest BCUT2D eigenvalue weighted by Gasteiger charge is -2.19. The van der Waals surface area contributed by atoms with Gasteiger partial charge in [0.15, 0.2) is 0 Å². The number of hydrogen-bond donors (Lipinski definition) is 0. The third-order valence-corrected chi connectivity index (χ3v) is 6.03. The van der Waals surface area contributed by atoms with Gasteiger partial charge in [-0.15, -0.1) is 11.6 Å². The number of unbranched alkanes of at least 4 members (excludes halogenated alkanes) is 3. The molecule has 0 bridgehead atoms. The second kappa shape index (κ2) is 14.3. The van der Waals surface area contributed by atoms with Gasteiger partial charge in [0.05, 0.1) is 5.60 Å². The van der Waals surface area contributed by atoms with Crippen molar-refractivity contribution < 1.29 is 4.74 Å². The summed E-state index contributed by atoms with van der Waals surface area (Å²) in [5, 5.41) is 0. The lowest BCUT2D eigenvalue weighted by Crippen LogP contribution is -2.19. The third-order valence-electron chi connectivity index (χ3n) is 6.03. The molecule has 168 valence electrons. The molecule has 1 atom stereocenters. The summed E-state index contributed by atoms with van der Waals surface area (Å²) >= 11 is 4.64. The van der Waals surface area contributed by atoms with E-state index in [0.29, 0.717) is 11.8 Å². The Balaban J connectivity index is 0.000000554. The van der Waals surface area contributed by atoms with Gasteiger partial charge >= 0.3 is 0 Å². The zero-order valence-electron chi connectivity index (χ0n) is 20.9. The Labute approximate surface area is 187 Å². The van der Waals surface area contributed by atoms with Crippen LogP contribution in [0.4, 0.5) is 0 Å². The van der Waals surface area contributed by atoms with Crippen molar-refractivity contribution in [3.8, 4) is 0 Å². The molecule has 0 aromatic carbocycles. The van der Waals surface area contributed by atoms with E-state index in [9.17, 15) is 0 Å². The van der Waals surface area contributed by atoms with E-state index in [1.54, 1.807) is 11.1 Å². The van der Waals surface area contributed by atoms with Crippen LogP contribution in [0.2, 0.25) is 0 Å². The predicted molar refractivity (Wildman–Crippen MR) is 133 cm³/mol. The molecule has 2 aliphatic rings. The van der Waals surface area contributed by atoms with Gasteiger partial charge in [-0.1, -0.05) is 61.6 Å². The molecule has 0 heterocycles. The number of halogens is 1. The second-order valence-electron chi connectivity index (χ2n) is 9.42. The van der Waals surface area contributed by atoms with E-state index in [2.05, 4.69) is 92.1 Å². The van der Waals surface area contributed by atoms with Gasteiger partial charge in [0.1, 0.15) is 0 Å². The number of hydrogen-bond acceptors (Lipinski definition) is 1. The summed E-state index contributed by atoms with van der Waals surface area (Å²) in [5.74, 6) is 1.35. The maximum Gasteiger partial charge on any atom is 0.0598 e. The van der Waals surface area contributed by atoms with E-state index in [-0.39, 0.29) is 5.60 Å². The average Bonchev–Trinajstić information content (AvgIpc) is 3.16. The van der Waals surface area contributed by atoms with Crippen LogP contribution in [0.25, 0.3) is 0 Å². The largest absolute Gasteiger partial charge is 0.376 e. The third kappa shape index (κ3) is 11.2. The summed E-state index contributed by atoms with van der Waals surface area (Å²) in [4.78, 5) is 0. The molecule has 0 radical (unpaired) electrons. The van der Waals surface area contributed by atoms with Crippen molar-refractivity contribution in [3.05, 3.63) is 46.1 Å². The first kappa shape index (κ1) is 28.2. The lowest BCUT2D eigenvalue weighted by molar-refractivity contribution is -0.00473. The van der Waals surface area contributed by atoms with Crippen molar-refractivity contribution in [1.29, 1.82) is 0 Å². The Morgan fingerprint density at radius 3 is 1.76 bits per heavy atom. The molecule has 2 aliphatic carbocycles. The summed E-state index contributed by atoms with van der Waals surface area (Å²) < 4.78 is 5.70. The minimum absolute atomic E-state index is 0.0234. The fourth-order valence-corrected chi connectivity index (χ4v) is 3.62. The summed E-state index contributed by atoms with van der Waals surface area (Å²) in [6.07, 6.45) is 14.8. The van der Waals surface area contributed by atoms with Gasteiger partial charge in [0.25, 0.3) is 0 Å². The van der Waals surface area contributed by atoms with Crippen LogP contribution in [0.1, 0.15) is 94.4 Å². The molecule has 1 nitrogen and oxygen atoms in total. The van der Waals surface area contributed by atoms with Gasteiger partial charge in [0, 0.05) is 13.0 Å². The highest BCUT2D eigenvalue weighted by molar-refractivity contribution is 6.15. The van der Waals surface area contributed by atoms with Crippen LogP contribution < -0.4 is 0 Å². The van der Waals surface area contributed by atoms with Crippen molar-refractivity contribution >= 4 is 11.6 Å². The van der Waals surface area contributed by atoms with Crippen LogP contribution in [0.3, 0.4) is 0 Å². The molecule has 0 N–H and O–H groups in total. The molecular weight excluding hydrogens is 376 g/mol. The van der Waals surface area contributed by atoms with Crippen LogP contribution >= 0.6 is 11.6 Å². The van der Waals surface area contributed by atoms with Gasteiger partial charge < -0.3 is 4.74 Å². The van der Waals surface area contributed by atoms with Gasteiger partial charge in [0.2, 0.25) is 0 Å². The van der Waals surface area contributed by atoms with Crippen LogP contribution in [0, 0.1) is 11.8 Å². The molecule has 0 aliphatic heterocycles. The molecule has 0 saturated heterocycles. The molecule has 0 amide bonds. The molecular formula is C27H47ClO. The molecule has 0 aromatic rings. The summed E-state index contributed by atoms with van der Waals surface area (Å²) in [6.45, 7) is 20.7. The van der Waals surface area contributed by atoms with Crippen molar-refractivity contribution in [3.63, 3.8) is 0 Å². The highest BCUT2D eigenvalue weighted by atomic mass is 35.5. The Morgan fingerprint density at radius 1 is 0.862 bits per heavy atom. The van der Waals surface area contributed by atoms with Crippen LogP contribution in [-0.4, -0.2) is 18.6 Å². The van der Waals surface area contributed by atoms with Gasteiger partial charge in [-0.2, -0.15) is 0 Å². The Morgan fingerprint density at radius 2 is 1.38 bits per heavy atom. The van der Waals surface area contributed by atoms with E-state index in [0.717, 1.165) is 6.61 Å². The molecule has 2 heteroatoms. The minimum Gasteiger partial charge on any atom is -0.376 e. The number of allylic oxidation sites excluding steroid dienone is 8. The highest BCUT2D eigenvalue weighted by Gasteiger charge is 2.19. The first-order valence-electron chi connectivity index (χ1n) is 11.3. The van der Waals surface area contributed by atoms with Gasteiger partial charge in [-0.3, -0.25) is 0 Å². The fraction of sp³-hybridized carbons (Fsp3) is 0.704. The molecule has 0 aromatic heterocycles. The molecule has 1 unspecified atom stereocenters. The van der Waals surface area contributed by atoms with Crippen LogP contribution in [0.5, 0.6) is 0 Å². The minimum atomic E-state index is 0.0234. The smallest absolute Gasteiger partial charge is 0.0598 e. The first-order chi connectivity index (χ1) is 13.5. The normalized spacial score (nSPS) is 19.1. The Bertz CT molecular complexity index is 575. The van der Waals surface area contributed by atoms with E-state index >= 15 is 0 Å². The monoisotopic (exact) mass is 422 g/mol. The Kier molecular flexibility index (Phi) is 13.9. The molecule has 0 fully saturated rings. The molecule has 29 heavy (non-hydrogen) atoms. The zero-order chi connectivity index (χ0) is 22.6. The molecule has 2 rings (SSSR count). The van der Waals surface area contributed by atoms with Crippen molar-refractivity contribution in [2.24, 2.45) is 11.8 Å². The lowest BCUT2D eigenvalue weighted by atomic mass is 10.00. The van der Waals surface area contributed by atoms with Crippen LogP contribution in [-0.2, 0) is 4.74 Å². The summed E-state index contributed by atoms with van der Waals surface area (Å²) in [6, 6.07) is 0. The van der Waals surface area contributed by atoms with Crippen molar-refractivity contribution in [2.45, 2.75) is 100 Å². The maximum absolute atomic E-state index is 5.70. The number of ether oxygens (including phenoxy) is 1. The maximum atomic E-state index is 5.70.